The van der Waals surface area contributed by atoms with Gasteiger partial charge in [-0.3, -0.25) is 4.68 Å². The first kappa shape index (κ1) is 13.5. The van der Waals surface area contributed by atoms with Crippen LogP contribution in [0.2, 0.25) is 0 Å². The number of carbonyl (C=O) groups is 1. The van der Waals surface area contributed by atoms with E-state index in [-0.39, 0.29) is 11.3 Å². The standard InChI is InChI=1S/C13H11FN4O2/c1-18-7-8(6-16-18)12(13(19)20)17-11-4-2-3-10(14)9(11)5-15/h2-4,6-7,12,17H,1H3,(H,19,20). The number of aliphatic carboxylic acids is 1. The van der Waals surface area contributed by atoms with Gasteiger partial charge in [0.2, 0.25) is 0 Å². The van der Waals surface area contributed by atoms with E-state index in [0.717, 1.165) is 6.07 Å². The van der Waals surface area contributed by atoms with E-state index in [2.05, 4.69) is 10.4 Å². The molecule has 0 fully saturated rings. The molecule has 2 rings (SSSR count). The summed E-state index contributed by atoms with van der Waals surface area (Å²) in [7, 11) is 1.66. The minimum atomic E-state index is -1.15. The van der Waals surface area contributed by atoms with Crippen LogP contribution >= 0.6 is 0 Å². The predicted molar refractivity (Wildman–Crippen MR) is 68.3 cm³/mol. The van der Waals surface area contributed by atoms with Crippen molar-refractivity contribution in [1.29, 1.82) is 5.26 Å². The molecule has 2 aromatic rings. The van der Waals surface area contributed by atoms with Gasteiger partial charge >= 0.3 is 5.97 Å². The number of hydrogen-bond acceptors (Lipinski definition) is 4. The molecule has 0 aliphatic rings. The number of nitrogens with one attached hydrogen (secondary N) is 1. The van der Waals surface area contributed by atoms with E-state index in [1.807, 2.05) is 0 Å². The molecule has 1 atom stereocenters. The van der Waals surface area contributed by atoms with Gasteiger partial charge in [-0.05, 0) is 12.1 Å². The van der Waals surface area contributed by atoms with Crippen molar-refractivity contribution in [2.75, 3.05) is 5.32 Å². The highest BCUT2D eigenvalue weighted by Crippen LogP contribution is 2.24. The summed E-state index contributed by atoms with van der Waals surface area (Å²) in [6.07, 6.45) is 2.94. The van der Waals surface area contributed by atoms with Crippen LogP contribution in [0.25, 0.3) is 0 Å². The summed E-state index contributed by atoms with van der Waals surface area (Å²) in [6.45, 7) is 0. The first-order chi connectivity index (χ1) is 9.52. The number of benzene rings is 1. The molecule has 0 spiro atoms. The highest BCUT2D eigenvalue weighted by atomic mass is 19.1. The number of anilines is 1. The molecule has 1 aromatic heterocycles. The van der Waals surface area contributed by atoms with Crippen molar-refractivity contribution in [3.8, 4) is 6.07 Å². The van der Waals surface area contributed by atoms with Gasteiger partial charge in [0.1, 0.15) is 17.4 Å². The number of nitrogens with zero attached hydrogens (tertiary/aromatic N) is 3. The van der Waals surface area contributed by atoms with Gasteiger partial charge in [0, 0.05) is 18.8 Å². The Labute approximate surface area is 114 Å². The van der Waals surface area contributed by atoms with Crippen LogP contribution in [0.5, 0.6) is 0 Å². The van der Waals surface area contributed by atoms with E-state index < -0.39 is 17.8 Å². The van der Waals surface area contributed by atoms with Gasteiger partial charge in [0.05, 0.1) is 11.9 Å². The average molecular weight is 274 g/mol. The van der Waals surface area contributed by atoms with Crippen LogP contribution in [-0.2, 0) is 11.8 Å². The minimum absolute atomic E-state index is 0.128. The maximum Gasteiger partial charge on any atom is 0.330 e. The molecule has 20 heavy (non-hydrogen) atoms. The van der Waals surface area contributed by atoms with Gasteiger partial charge in [-0.25, -0.2) is 9.18 Å². The monoisotopic (exact) mass is 274 g/mol. The largest absolute Gasteiger partial charge is 0.479 e. The molecule has 0 saturated carbocycles. The first-order valence-electron chi connectivity index (χ1n) is 5.69. The van der Waals surface area contributed by atoms with E-state index in [4.69, 9.17) is 5.26 Å². The molecule has 1 aromatic carbocycles. The van der Waals surface area contributed by atoms with Gasteiger partial charge in [0.15, 0.2) is 6.04 Å². The molecule has 0 aliphatic carbocycles. The van der Waals surface area contributed by atoms with E-state index in [1.165, 1.54) is 29.2 Å². The number of nitriles is 1. The Morgan fingerprint density at radius 3 is 2.90 bits per heavy atom. The summed E-state index contributed by atoms with van der Waals surface area (Å²) in [5, 5.41) is 24.7. The predicted octanol–water partition coefficient (Wildman–Crippen LogP) is 1.67. The fourth-order valence-electron chi connectivity index (χ4n) is 1.79. The van der Waals surface area contributed by atoms with Crippen LogP contribution in [0.15, 0.2) is 30.6 Å². The molecule has 6 nitrogen and oxygen atoms in total. The molecule has 7 heteroatoms. The summed E-state index contributed by atoms with van der Waals surface area (Å²) >= 11 is 0. The third-order valence-electron chi connectivity index (χ3n) is 2.73. The molecular formula is C13H11FN4O2. The number of rotatable bonds is 4. The normalized spacial score (nSPS) is 11.7. The maximum absolute atomic E-state index is 13.5. The van der Waals surface area contributed by atoms with Crippen molar-refractivity contribution in [3.63, 3.8) is 0 Å². The first-order valence-corrected chi connectivity index (χ1v) is 5.69. The van der Waals surface area contributed by atoms with Crippen molar-refractivity contribution in [3.05, 3.63) is 47.5 Å². The van der Waals surface area contributed by atoms with Gasteiger partial charge in [-0.15, -0.1) is 0 Å². The molecule has 0 radical (unpaired) electrons. The van der Waals surface area contributed by atoms with E-state index in [0.29, 0.717) is 5.56 Å². The van der Waals surface area contributed by atoms with E-state index >= 15 is 0 Å². The Morgan fingerprint density at radius 1 is 1.60 bits per heavy atom. The SMILES string of the molecule is Cn1cc(C(Nc2cccc(F)c2C#N)C(=O)O)cn1. The van der Waals surface area contributed by atoms with Gasteiger partial charge in [-0.1, -0.05) is 6.07 Å². The van der Waals surface area contributed by atoms with Crippen LogP contribution in [0.1, 0.15) is 17.2 Å². The van der Waals surface area contributed by atoms with Crippen molar-refractivity contribution in [1.82, 2.24) is 9.78 Å². The molecule has 2 N–H and O–H groups in total. The third kappa shape index (κ3) is 2.59. The Kier molecular flexibility index (Phi) is 3.66. The lowest BCUT2D eigenvalue weighted by Crippen LogP contribution is -2.20. The second kappa shape index (κ2) is 5.40. The maximum atomic E-state index is 13.5. The van der Waals surface area contributed by atoms with Gasteiger partial charge in [0.25, 0.3) is 0 Å². The Morgan fingerprint density at radius 2 is 2.35 bits per heavy atom. The fraction of sp³-hybridized carbons (Fsp3) is 0.154. The van der Waals surface area contributed by atoms with Crippen LogP contribution in [0.3, 0.4) is 0 Å². The van der Waals surface area contributed by atoms with E-state index in [9.17, 15) is 14.3 Å². The average Bonchev–Trinajstić information content (AvgIpc) is 2.82. The van der Waals surface area contributed by atoms with Crippen LogP contribution in [0, 0.1) is 17.1 Å². The number of hydrogen-bond donors (Lipinski definition) is 2. The summed E-state index contributed by atoms with van der Waals surface area (Å²) < 4.78 is 14.9. The number of aryl methyl sites for hydroxylation is 1. The zero-order valence-electron chi connectivity index (χ0n) is 10.5. The summed E-state index contributed by atoms with van der Waals surface area (Å²) in [5.74, 6) is -1.85. The number of carboxylic acid groups (broad SMARTS) is 1. The Balaban J connectivity index is 2.38. The quantitative estimate of drug-likeness (QED) is 0.884. The van der Waals surface area contributed by atoms with Crippen LogP contribution < -0.4 is 5.32 Å². The van der Waals surface area contributed by atoms with Crippen molar-refractivity contribution < 1.29 is 14.3 Å². The third-order valence-corrected chi connectivity index (χ3v) is 2.73. The van der Waals surface area contributed by atoms with Crippen molar-refractivity contribution in [2.45, 2.75) is 6.04 Å². The van der Waals surface area contributed by atoms with E-state index in [1.54, 1.807) is 13.1 Å². The minimum Gasteiger partial charge on any atom is -0.479 e. The zero-order chi connectivity index (χ0) is 14.7. The van der Waals surface area contributed by atoms with Crippen LogP contribution in [-0.4, -0.2) is 20.9 Å². The molecular weight excluding hydrogens is 263 g/mol. The molecule has 0 saturated heterocycles. The van der Waals surface area contributed by atoms with Crippen LogP contribution in [0.4, 0.5) is 10.1 Å². The number of aromatic nitrogens is 2. The molecule has 0 aliphatic heterocycles. The smallest absolute Gasteiger partial charge is 0.330 e. The number of halogens is 1. The van der Waals surface area contributed by atoms with Crippen molar-refractivity contribution >= 4 is 11.7 Å². The lowest BCUT2D eigenvalue weighted by atomic mass is 10.1. The highest BCUT2D eigenvalue weighted by Gasteiger charge is 2.22. The molecule has 1 unspecified atom stereocenters. The lowest BCUT2D eigenvalue weighted by Gasteiger charge is -2.15. The Hall–Kier alpha value is -2.88. The second-order valence-corrected chi connectivity index (χ2v) is 4.14. The zero-order valence-corrected chi connectivity index (χ0v) is 10.5. The number of carboxylic acids is 1. The summed E-state index contributed by atoms with van der Waals surface area (Å²) in [4.78, 5) is 11.3. The van der Waals surface area contributed by atoms with Gasteiger partial charge < -0.3 is 10.4 Å². The molecule has 1 heterocycles. The molecule has 0 bridgehead atoms. The summed E-state index contributed by atoms with van der Waals surface area (Å²) in [6, 6.07) is 4.60. The summed E-state index contributed by atoms with van der Waals surface area (Å²) in [5.41, 5.74) is 0.319. The second-order valence-electron chi connectivity index (χ2n) is 4.14. The Bertz CT molecular complexity index is 690. The lowest BCUT2D eigenvalue weighted by molar-refractivity contribution is -0.138. The fourth-order valence-corrected chi connectivity index (χ4v) is 1.79. The molecule has 102 valence electrons. The molecule has 0 amide bonds. The van der Waals surface area contributed by atoms with Gasteiger partial charge in [-0.2, -0.15) is 10.4 Å². The highest BCUT2D eigenvalue weighted by molar-refractivity contribution is 5.80. The topological polar surface area (TPSA) is 90.9 Å². The van der Waals surface area contributed by atoms with Crippen molar-refractivity contribution in [2.24, 2.45) is 7.05 Å².